The molecule has 0 bridgehead atoms. The SMILES string of the molecule is CC(C)(C)c1cc2sc(C(C)(C)C)cc2s1.CC(C)c1ccc2ccsc2c1. The van der Waals surface area contributed by atoms with Gasteiger partial charge in [-0.1, -0.05) is 67.5 Å². The van der Waals surface area contributed by atoms with Crippen molar-refractivity contribution >= 4 is 53.5 Å². The van der Waals surface area contributed by atoms with Crippen molar-refractivity contribution in [2.75, 3.05) is 0 Å². The van der Waals surface area contributed by atoms with Gasteiger partial charge in [-0.2, -0.15) is 0 Å². The predicted molar refractivity (Wildman–Crippen MR) is 133 cm³/mol. The summed E-state index contributed by atoms with van der Waals surface area (Å²) in [5.74, 6) is 0.636. The maximum absolute atomic E-state index is 2.37. The summed E-state index contributed by atoms with van der Waals surface area (Å²) in [5, 5.41) is 3.51. The minimum Gasteiger partial charge on any atom is -0.144 e. The largest absolute Gasteiger partial charge is 0.144 e. The molecule has 3 heteroatoms. The lowest BCUT2D eigenvalue weighted by Crippen LogP contribution is -2.08. The summed E-state index contributed by atoms with van der Waals surface area (Å²) in [4.78, 5) is 2.99. The lowest BCUT2D eigenvalue weighted by Gasteiger charge is -2.16. The average Bonchev–Trinajstić information content (AvgIpc) is 3.27. The summed E-state index contributed by atoms with van der Waals surface area (Å²) in [6.45, 7) is 18.2. The molecule has 0 nitrogen and oxygen atoms in total. The van der Waals surface area contributed by atoms with Crippen molar-refractivity contribution < 1.29 is 0 Å². The van der Waals surface area contributed by atoms with Crippen LogP contribution in [-0.4, -0.2) is 0 Å². The molecule has 4 rings (SSSR count). The van der Waals surface area contributed by atoms with E-state index in [1.807, 2.05) is 34.0 Å². The summed E-state index contributed by atoms with van der Waals surface area (Å²) in [5.41, 5.74) is 2.00. The van der Waals surface area contributed by atoms with E-state index < -0.39 is 0 Å². The molecule has 0 aliphatic rings. The fourth-order valence-electron chi connectivity index (χ4n) is 2.91. The number of hydrogen-bond donors (Lipinski definition) is 0. The molecule has 0 unspecified atom stereocenters. The van der Waals surface area contributed by atoms with Crippen LogP contribution >= 0.6 is 34.0 Å². The van der Waals surface area contributed by atoms with Gasteiger partial charge in [-0.05, 0) is 57.3 Å². The van der Waals surface area contributed by atoms with Gasteiger partial charge in [0.2, 0.25) is 0 Å². The summed E-state index contributed by atoms with van der Waals surface area (Å²) in [6, 6.07) is 13.6. The van der Waals surface area contributed by atoms with Crippen molar-refractivity contribution in [2.45, 2.75) is 72.1 Å². The maximum Gasteiger partial charge on any atom is 0.0456 e. The number of benzene rings is 1. The third-order valence-electron chi connectivity index (χ3n) is 4.83. The van der Waals surface area contributed by atoms with Crippen LogP contribution in [-0.2, 0) is 10.8 Å². The first kappa shape index (κ1) is 21.5. The zero-order chi connectivity index (χ0) is 20.7. The molecular formula is C25H32S3. The molecule has 0 saturated heterocycles. The van der Waals surface area contributed by atoms with Crippen LogP contribution in [0.1, 0.15) is 76.6 Å². The molecule has 28 heavy (non-hydrogen) atoms. The third-order valence-corrected chi connectivity index (χ3v) is 8.86. The van der Waals surface area contributed by atoms with E-state index in [4.69, 9.17) is 0 Å². The van der Waals surface area contributed by atoms with Crippen molar-refractivity contribution in [3.05, 3.63) is 57.1 Å². The Morgan fingerprint density at radius 2 is 1.21 bits per heavy atom. The Labute approximate surface area is 182 Å². The Morgan fingerprint density at radius 3 is 1.68 bits per heavy atom. The highest BCUT2D eigenvalue weighted by molar-refractivity contribution is 7.28. The van der Waals surface area contributed by atoms with Crippen LogP contribution in [0.5, 0.6) is 0 Å². The molecule has 0 aliphatic heterocycles. The van der Waals surface area contributed by atoms with Gasteiger partial charge < -0.3 is 0 Å². The summed E-state index contributed by atoms with van der Waals surface area (Å²) in [6.07, 6.45) is 0. The average molecular weight is 429 g/mol. The molecule has 0 N–H and O–H groups in total. The molecule has 3 heterocycles. The minimum absolute atomic E-state index is 0.283. The van der Waals surface area contributed by atoms with Crippen molar-refractivity contribution in [3.8, 4) is 0 Å². The van der Waals surface area contributed by atoms with E-state index in [9.17, 15) is 0 Å². The van der Waals surface area contributed by atoms with Crippen LogP contribution in [0.4, 0.5) is 0 Å². The van der Waals surface area contributed by atoms with Crippen LogP contribution in [0.3, 0.4) is 0 Å². The maximum atomic E-state index is 2.37. The molecule has 150 valence electrons. The Hall–Kier alpha value is -1.16. The first-order valence-corrected chi connectivity index (χ1v) is 12.5. The fraction of sp³-hybridized carbons (Fsp3) is 0.440. The predicted octanol–water partition coefficient (Wildman–Crippen LogP) is 9.58. The molecular weight excluding hydrogens is 396 g/mol. The van der Waals surface area contributed by atoms with Crippen molar-refractivity contribution in [3.63, 3.8) is 0 Å². The molecule has 0 amide bonds. The van der Waals surface area contributed by atoms with Gasteiger partial charge >= 0.3 is 0 Å². The first-order chi connectivity index (χ1) is 12.9. The van der Waals surface area contributed by atoms with Crippen LogP contribution in [0, 0.1) is 0 Å². The highest BCUT2D eigenvalue weighted by atomic mass is 32.1. The Kier molecular flexibility index (Phi) is 6.10. The Balaban J connectivity index is 0.000000167. The molecule has 0 fully saturated rings. The van der Waals surface area contributed by atoms with E-state index in [1.54, 1.807) is 0 Å². The normalized spacial score (nSPS) is 12.6. The number of fused-ring (bicyclic) bond motifs is 2. The van der Waals surface area contributed by atoms with Crippen LogP contribution in [0.2, 0.25) is 0 Å². The topological polar surface area (TPSA) is 0 Å². The van der Waals surface area contributed by atoms with E-state index in [2.05, 4.69) is 97.2 Å². The molecule has 0 radical (unpaired) electrons. The second-order valence-corrected chi connectivity index (χ2v) is 12.9. The lowest BCUT2D eigenvalue weighted by atomic mass is 9.94. The van der Waals surface area contributed by atoms with Gasteiger partial charge in [0.05, 0.1) is 0 Å². The Morgan fingerprint density at radius 1 is 0.679 bits per heavy atom. The quantitative estimate of drug-likeness (QED) is 0.283. The van der Waals surface area contributed by atoms with Gasteiger partial charge in [-0.15, -0.1) is 34.0 Å². The molecule has 0 spiro atoms. The van der Waals surface area contributed by atoms with E-state index in [-0.39, 0.29) is 10.8 Å². The van der Waals surface area contributed by atoms with Crippen LogP contribution < -0.4 is 0 Å². The van der Waals surface area contributed by atoms with E-state index >= 15 is 0 Å². The zero-order valence-corrected chi connectivity index (χ0v) is 20.8. The minimum atomic E-state index is 0.283. The summed E-state index contributed by atoms with van der Waals surface area (Å²) >= 11 is 5.72. The molecule has 0 atom stereocenters. The van der Waals surface area contributed by atoms with Crippen LogP contribution in [0.15, 0.2) is 41.8 Å². The van der Waals surface area contributed by atoms with Crippen molar-refractivity contribution in [1.29, 1.82) is 0 Å². The van der Waals surface area contributed by atoms with Gasteiger partial charge in [0.25, 0.3) is 0 Å². The highest BCUT2D eigenvalue weighted by Crippen LogP contribution is 2.41. The molecule has 1 aromatic carbocycles. The van der Waals surface area contributed by atoms with Crippen LogP contribution in [0.25, 0.3) is 19.5 Å². The van der Waals surface area contributed by atoms with Gasteiger partial charge in [-0.25, -0.2) is 0 Å². The second-order valence-electron chi connectivity index (χ2n) is 9.82. The Bertz CT molecular complexity index is 984. The van der Waals surface area contributed by atoms with E-state index in [0.717, 1.165) is 0 Å². The first-order valence-electron chi connectivity index (χ1n) is 9.96. The van der Waals surface area contributed by atoms with E-state index in [0.29, 0.717) is 5.92 Å². The summed E-state index contributed by atoms with van der Waals surface area (Å²) in [7, 11) is 0. The molecule has 4 aromatic rings. The van der Waals surface area contributed by atoms with Gasteiger partial charge in [0.1, 0.15) is 0 Å². The van der Waals surface area contributed by atoms with Gasteiger partial charge in [0, 0.05) is 23.9 Å². The monoisotopic (exact) mass is 428 g/mol. The number of rotatable bonds is 1. The van der Waals surface area contributed by atoms with Gasteiger partial charge in [-0.3, -0.25) is 0 Å². The third kappa shape index (κ3) is 4.87. The smallest absolute Gasteiger partial charge is 0.0456 e. The van der Waals surface area contributed by atoms with Gasteiger partial charge in [0.15, 0.2) is 0 Å². The number of thiophene rings is 3. The zero-order valence-electron chi connectivity index (χ0n) is 18.3. The summed E-state index contributed by atoms with van der Waals surface area (Å²) < 4.78 is 4.32. The standard InChI is InChI=1S/C14H20S2.C11H12S/c1-13(2,3)11-7-9-10(15-11)8-12(16-9)14(4,5)6;1-8(2)10-4-3-9-5-6-12-11(9)7-10/h7-8H,1-6H3;3-8H,1-2H3. The number of hydrogen-bond acceptors (Lipinski definition) is 3. The van der Waals surface area contributed by atoms with Crippen molar-refractivity contribution in [1.82, 2.24) is 0 Å². The fourth-order valence-corrected chi connectivity index (χ4v) is 6.25. The second kappa shape index (κ2) is 7.93. The lowest BCUT2D eigenvalue weighted by molar-refractivity contribution is 0.604. The van der Waals surface area contributed by atoms with E-state index in [1.165, 1.54) is 34.8 Å². The molecule has 0 aliphatic carbocycles. The van der Waals surface area contributed by atoms with Crippen molar-refractivity contribution in [2.24, 2.45) is 0 Å². The highest BCUT2D eigenvalue weighted by Gasteiger charge is 2.21. The molecule has 0 saturated carbocycles. The molecule has 3 aromatic heterocycles.